The average Bonchev–Trinajstić information content (AvgIpc) is 2.78. The lowest BCUT2D eigenvalue weighted by atomic mass is 10.1. The van der Waals surface area contributed by atoms with E-state index < -0.39 is 28.5 Å². The van der Waals surface area contributed by atoms with Crippen molar-refractivity contribution in [1.82, 2.24) is 10.2 Å². The van der Waals surface area contributed by atoms with Gasteiger partial charge in [-0.25, -0.2) is 8.42 Å². The first-order chi connectivity index (χ1) is 16.4. The molecule has 2 amide bonds. The SMILES string of the molecule is CCCNC(=O)[C@@H](CC)N(Cc1ccc(Cl)cc1Cl)C(=O)CN(c1cc(Cl)ccc1Cl)S(C)(=O)=O. The highest BCUT2D eigenvalue weighted by Gasteiger charge is 2.32. The molecule has 0 saturated carbocycles. The van der Waals surface area contributed by atoms with E-state index >= 15 is 0 Å². The predicted octanol–water partition coefficient (Wildman–Crippen LogP) is 5.40. The number of benzene rings is 2. The molecule has 7 nitrogen and oxygen atoms in total. The third kappa shape index (κ3) is 8.15. The largest absolute Gasteiger partial charge is 0.354 e. The Morgan fingerprint density at radius 3 is 2.17 bits per heavy atom. The molecule has 1 atom stereocenters. The zero-order valence-electron chi connectivity index (χ0n) is 19.5. The fourth-order valence-electron chi connectivity index (χ4n) is 3.39. The van der Waals surface area contributed by atoms with Crippen LogP contribution in [0.3, 0.4) is 0 Å². The summed E-state index contributed by atoms with van der Waals surface area (Å²) in [7, 11) is -3.94. The number of nitrogens with one attached hydrogen (secondary N) is 1. The van der Waals surface area contributed by atoms with Crippen LogP contribution in [-0.4, -0.2) is 50.5 Å². The van der Waals surface area contributed by atoms with Gasteiger partial charge in [-0.3, -0.25) is 13.9 Å². The van der Waals surface area contributed by atoms with Crippen molar-refractivity contribution in [2.24, 2.45) is 0 Å². The minimum Gasteiger partial charge on any atom is -0.354 e. The summed E-state index contributed by atoms with van der Waals surface area (Å²) in [5.41, 5.74) is 0.612. The molecule has 0 unspecified atom stereocenters. The van der Waals surface area contributed by atoms with Crippen molar-refractivity contribution in [2.45, 2.75) is 39.3 Å². The van der Waals surface area contributed by atoms with E-state index in [0.29, 0.717) is 35.0 Å². The van der Waals surface area contributed by atoms with Gasteiger partial charge < -0.3 is 10.2 Å². The fraction of sp³-hybridized carbons (Fsp3) is 0.391. The quantitative estimate of drug-likeness (QED) is 0.384. The molecule has 0 aromatic heterocycles. The van der Waals surface area contributed by atoms with Gasteiger partial charge in [-0.15, -0.1) is 0 Å². The van der Waals surface area contributed by atoms with Crippen LogP contribution in [0.2, 0.25) is 20.1 Å². The Hall–Kier alpha value is -1.71. The molecule has 2 rings (SSSR count). The van der Waals surface area contributed by atoms with Crippen LogP contribution in [0, 0.1) is 0 Å². The highest BCUT2D eigenvalue weighted by molar-refractivity contribution is 7.92. The van der Waals surface area contributed by atoms with Crippen molar-refractivity contribution in [1.29, 1.82) is 0 Å². The monoisotopic (exact) mass is 581 g/mol. The van der Waals surface area contributed by atoms with Crippen molar-refractivity contribution in [3.05, 3.63) is 62.1 Å². The van der Waals surface area contributed by atoms with Crippen LogP contribution in [0.15, 0.2) is 36.4 Å². The van der Waals surface area contributed by atoms with E-state index in [1.807, 2.05) is 6.92 Å². The second-order valence-corrected chi connectivity index (χ2v) is 11.4. The van der Waals surface area contributed by atoms with Crippen LogP contribution >= 0.6 is 46.4 Å². The number of halogens is 4. The average molecular weight is 583 g/mol. The summed E-state index contributed by atoms with van der Waals surface area (Å²) in [6.45, 7) is 3.49. The van der Waals surface area contributed by atoms with Gasteiger partial charge in [0.25, 0.3) is 0 Å². The lowest BCUT2D eigenvalue weighted by Crippen LogP contribution is -2.52. The summed E-state index contributed by atoms with van der Waals surface area (Å²) < 4.78 is 26.2. The van der Waals surface area contributed by atoms with Gasteiger partial charge in [0.1, 0.15) is 12.6 Å². The lowest BCUT2D eigenvalue weighted by molar-refractivity contribution is -0.140. The van der Waals surface area contributed by atoms with Gasteiger partial charge >= 0.3 is 0 Å². The summed E-state index contributed by atoms with van der Waals surface area (Å²) in [6.07, 6.45) is 1.97. The van der Waals surface area contributed by atoms with Crippen LogP contribution in [0.4, 0.5) is 5.69 Å². The van der Waals surface area contributed by atoms with E-state index in [-0.39, 0.29) is 28.2 Å². The van der Waals surface area contributed by atoms with Crippen molar-refractivity contribution in [2.75, 3.05) is 23.7 Å². The standard InChI is InChI=1S/C23H27Cl4N3O4S/c1-4-10-28-23(32)20(5-2)29(13-15-6-7-16(24)11-19(15)27)22(31)14-30(35(3,33)34)21-12-17(25)8-9-18(21)26/h6-9,11-12,20H,4-5,10,13-14H2,1-3H3,(H,28,32)/t20-/m1/s1. The molecule has 2 aromatic carbocycles. The van der Waals surface area contributed by atoms with Crippen molar-refractivity contribution in [3.8, 4) is 0 Å². The Kier molecular flexibility index (Phi) is 11.0. The van der Waals surface area contributed by atoms with E-state index in [0.717, 1.165) is 10.6 Å². The van der Waals surface area contributed by atoms with Crippen LogP contribution in [0.5, 0.6) is 0 Å². The molecule has 0 saturated heterocycles. The highest BCUT2D eigenvalue weighted by atomic mass is 35.5. The summed E-state index contributed by atoms with van der Waals surface area (Å²) in [5.74, 6) is -0.963. The summed E-state index contributed by atoms with van der Waals surface area (Å²) in [5, 5.41) is 3.89. The van der Waals surface area contributed by atoms with Crippen LogP contribution in [-0.2, 0) is 26.2 Å². The number of hydrogen-bond acceptors (Lipinski definition) is 4. The number of anilines is 1. The minimum absolute atomic E-state index is 0.0340. The van der Waals surface area contributed by atoms with Crippen molar-refractivity contribution in [3.63, 3.8) is 0 Å². The number of amides is 2. The number of hydrogen-bond donors (Lipinski definition) is 1. The van der Waals surface area contributed by atoms with E-state index in [4.69, 9.17) is 46.4 Å². The van der Waals surface area contributed by atoms with Gasteiger partial charge in [-0.1, -0.05) is 66.3 Å². The molecule has 0 aliphatic carbocycles. The Morgan fingerprint density at radius 2 is 1.60 bits per heavy atom. The molecule has 0 aliphatic rings. The van der Waals surface area contributed by atoms with Crippen molar-refractivity contribution >= 4 is 73.9 Å². The Bertz CT molecular complexity index is 1180. The zero-order valence-corrected chi connectivity index (χ0v) is 23.4. The van der Waals surface area contributed by atoms with Gasteiger partial charge in [0.2, 0.25) is 21.8 Å². The predicted molar refractivity (Wildman–Crippen MR) is 143 cm³/mol. The molecular weight excluding hydrogens is 556 g/mol. The highest BCUT2D eigenvalue weighted by Crippen LogP contribution is 2.31. The second-order valence-electron chi connectivity index (χ2n) is 7.84. The van der Waals surface area contributed by atoms with Gasteiger partial charge in [0.05, 0.1) is 17.0 Å². The zero-order chi connectivity index (χ0) is 26.3. The molecule has 0 heterocycles. The maximum absolute atomic E-state index is 13.6. The fourth-order valence-corrected chi connectivity index (χ4v) is 5.15. The number of rotatable bonds is 11. The second kappa shape index (κ2) is 13.0. The number of sulfonamides is 1. The van der Waals surface area contributed by atoms with E-state index in [2.05, 4.69) is 5.32 Å². The van der Waals surface area contributed by atoms with Crippen LogP contribution in [0.1, 0.15) is 32.3 Å². The number of carbonyl (C=O) groups excluding carboxylic acids is 2. The molecule has 0 aliphatic heterocycles. The topological polar surface area (TPSA) is 86.8 Å². The number of carbonyl (C=O) groups is 2. The molecular formula is C23H27Cl4N3O4S. The summed E-state index contributed by atoms with van der Waals surface area (Å²) in [6, 6.07) is 8.27. The van der Waals surface area contributed by atoms with E-state index in [1.54, 1.807) is 19.1 Å². The molecule has 0 spiro atoms. The normalized spacial score (nSPS) is 12.2. The Labute approximate surface area is 226 Å². The van der Waals surface area contributed by atoms with Gasteiger partial charge in [0.15, 0.2) is 0 Å². The maximum atomic E-state index is 13.6. The third-order valence-corrected chi connectivity index (χ3v) is 7.42. The molecule has 0 radical (unpaired) electrons. The van der Waals surface area contributed by atoms with Crippen molar-refractivity contribution < 1.29 is 18.0 Å². The van der Waals surface area contributed by atoms with Crippen LogP contribution < -0.4 is 9.62 Å². The summed E-state index contributed by atoms with van der Waals surface area (Å²) >= 11 is 24.6. The Morgan fingerprint density at radius 1 is 0.971 bits per heavy atom. The smallest absolute Gasteiger partial charge is 0.244 e. The van der Waals surface area contributed by atoms with Crippen LogP contribution in [0.25, 0.3) is 0 Å². The first kappa shape index (κ1) is 29.5. The minimum atomic E-state index is -3.94. The third-order valence-electron chi connectivity index (χ3n) is 5.15. The molecule has 2 aromatic rings. The lowest BCUT2D eigenvalue weighted by Gasteiger charge is -2.33. The number of nitrogens with zero attached hydrogens (tertiary/aromatic N) is 2. The van der Waals surface area contributed by atoms with Gasteiger partial charge in [0, 0.05) is 28.2 Å². The first-order valence-electron chi connectivity index (χ1n) is 10.8. The van der Waals surface area contributed by atoms with E-state index in [9.17, 15) is 18.0 Å². The molecule has 12 heteroatoms. The molecule has 35 heavy (non-hydrogen) atoms. The molecule has 192 valence electrons. The molecule has 1 N–H and O–H groups in total. The van der Waals surface area contributed by atoms with Gasteiger partial charge in [-0.2, -0.15) is 0 Å². The molecule has 0 bridgehead atoms. The molecule has 0 fully saturated rings. The van der Waals surface area contributed by atoms with E-state index in [1.165, 1.54) is 29.2 Å². The maximum Gasteiger partial charge on any atom is 0.244 e. The first-order valence-corrected chi connectivity index (χ1v) is 14.2. The summed E-state index contributed by atoms with van der Waals surface area (Å²) in [4.78, 5) is 27.9. The van der Waals surface area contributed by atoms with Gasteiger partial charge in [-0.05, 0) is 48.7 Å². The Balaban J connectivity index is 2.50.